The number of phenols is 1. The Balaban J connectivity index is 1.83. The van der Waals surface area contributed by atoms with E-state index >= 15 is 0 Å². The Morgan fingerprint density at radius 2 is 2.10 bits per heavy atom. The maximum atomic E-state index is 11.7. The van der Waals surface area contributed by atoms with Crippen LogP contribution in [0.25, 0.3) is 10.8 Å². The summed E-state index contributed by atoms with van der Waals surface area (Å²) in [6.45, 7) is 1.25. The van der Waals surface area contributed by atoms with Crippen LogP contribution in [0.5, 0.6) is 5.75 Å². The maximum absolute atomic E-state index is 11.7. The molecule has 0 bridgehead atoms. The van der Waals surface area contributed by atoms with E-state index in [0.717, 1.165) is 35.7 Å². The highest BCUT2D eigenvalue weighted by Crippen LogP contribution is 2.27. The number of benzene rings is 2. The van der Waals surface area contributed by atoms with E-state index in [0.29, 0.717) is 6.54 Å². The fraction of sp³-hybridized carbons (Fsp3) is 0.312. The Labute approximate surface area is 117 Å². The largest absolute Gasteiger partial charge is 0.508 e. The number of nitrogens with one attached hydrogen (secondary N) is 2. The van der Waals surface area contributed by atoms with Gasteiger partial charge in [-0.2, -0.15) is 0 Å². The van der Waals surface area contributed by atoms with Crippen molar-refractivity contribution >= 4 is 16.7 Å². The Morgan fingerprint density at radius 1 is 1.25 bits per heavy atom. The smallest absolute Gasteiger partial charge is 0.237 e. The lowest BCUT2D eigenvalue weighted by Gasteiger charge is -2.23. The van der Waals surface area contributed by atoms with Crippen molar-refractivity contribution in [1.82, 2.24) is 10.6 Å². The molecule has 1 amide bonds. The van der Waals surface area contributed by atoms with Crippen LogP contribution >= 0.6 is 0 Å². The van der Waals surface area contributed by atoms with Gasteiger partial charge in [-0.15, -0.1) is 0 Å². The molecule has 1 heterocycles. The number of hydrogen-bond acceptors (Lipinski definition) is 3. The molecule has 4 nitrogen and oxygen atoms in total. The van der Waals surface area contributed by atoms with Crippen LogP contribution in [0.3, 0.4) is 0 Å². The quantitative estimate of drug-likeness (QED) is 0.798. The molecule has 1 saturated heterocycles. The lowest BCUT2D eigenvalue weighted by atomic mass is 10.0. The van der Waals surface area contributed by atoms with Crippen molar-refractivity contribution in [2.75, 3.05) is 6.54 Å². The third-order valence-electron chi connectivity index (χ3n) is 3.83. The van der Waals surface area contributed by atoms with Gasteiger partial charge in [0, 0.05) is 18.7 Å². The van der Waals surface area contributed by atoms with Gasteiger partial charge in [-0.3, -0.25) is 4.79 Å². The van der Waals surface area contributed by atoms with Crippen LogP contribution in [0, 0.1) is 0 Å². The zero-order valence-electron chi connectivity index (χ0n) is 11.2. The molecule has 0 aliphatic carbocycles. The summed E-state index contributed by atoms with van der Waals surface area (Å²) in [4.78, 5) is 11.7. The van der Waals surface area contributed by atoms with Gasteiger partial charge in [-0.25, -0.2) is 0 Å². The van der Waals surface area contributed by atoms with Crippen molar-refractivity contribution < 1.29 is 9.90 Å². The number of rotatable bonds is 3. The van der Waals surface area contributed by atoms with Gasteiger partial charge >= 0.3 is 0 Å². The highest BCUT2D eigenvalue weighted by molar-refractivity contribution is 5.88. The molecule has 20 heavy (non-hydrogen) atoms. The van der Waals surface area contributed by atoms with Gasteiger partial charge in [0.1, 0.15) is 5.75 Å². The van der Waals surface area contributed by atoms with Gasteiger partial charge in [-0.05, 0) is 29.7 Å². The van der Waals surface area contributed by atoms with Crippen LogP contribution in [0.2, 0.25) is 0 Å². The second-order valence-corrected chi connectivity index (χ2v) is 5.15. The summed E-state index contributed by atoms with van der Waals surface area (Å²) in [5, 5.41) is 18.3. The van der Waals surface area contributed by atoms with Crippen molar-refractivity contribution in [3.05, 3.63) is 42.0 Å². The summed E-state index contributed by atoms with van der Waals surface area (Å²) < 4.78 is 0. The summed E-state index contributed by atoms with van der Waals surface area (Å²) >= 11 is 0. The minimum absolute atomic E-state index is 0.0518. The highest BCUT2D eigenvalue weighted by atomic mass is 16.3. The Hall–Kier alpha value is -2.07. The topological polar surface area (TPSA) is 61.4 Å². The monoisotopic (exact) mass is 270 g/mol. The molecule has 2 aromatic rings. The van der Waals surface area contributed by atoms with E-state index in [4.69, 9.17) is 0 Å². The van der Waals surface area contributed by atoms with E-state index in [9.17, 15) is 9.90 Å². The standard InChI is InChI=1S/C16H18N2O2/c19-15-8-7-11-4-1-2-5-12(11)13(15)10-18-14-6-3-9-17-16(14)20/h1-2,4-5,7-8,14,18-19H,3,6,9-10H2,(H,17,20). The van der Waals surface area contributed by atoms with Gasteiger partial charge < -0.3 is 15.7 Å². The molecule has 1 aliphatic rings. The van der Waals surface area contributed by atoms with Crippen LogP contribution in [0.4, 0.5) is 0 Å². The van der Waals surface area contributed by atoms with Crippen molar-refractivity contribution in [2.45, 2.75) is 25.4 Å². The number of phenolic OH excluding ortho intramolecular Hbond substituents is 1. The predicted molar refractivity (Wildman–Crippen MR) is 78.5 cm³/mol. The molecule has 1 fully saturated rings. The average Bonchev–Trinajstić information content (AvgIpc) is 2.48. The molecule has 1 aliphatic heterocycles. The van der Waals surface area contributed by atoms with Crippen molar-refractivity contribution in [3.63, 3.8) is 0 Å². The number of hydrogen-bond donors (Lipinski definition) is 3. The summed E-state index contributed by atoms with van der Waals surface area (Å²) in [5.74, 6) is 0.323. The first-order chi connectivity index (χ1) is 9.75. The highest BCUT2D eigenvalue weighted by Gasteiger charge is 2.21. The van der Waals surface area contributed by atoms with Crippen molar-refractivity contribution in [1.29, 1.82) is 0 Å². The van der Waals surface area contributed by atoms with E-state index in [2.05, 4.69) is 10.6 Å². The SMILES string of the molecule is O=C1NCCCC1NCc1c(O)ccc2ccccc12. The lowest BCUT2D eigenvalue weighted by Crippen LogP contribution is -2.47. The summed E-state index contributed by atoms with van der Waals surface area (Å²) in [7, 11) is 0. The first-order valence-corrected chi connectivity index (χ1v) is 6.96. The molecular formula is C16H18N2O2. The first-order valence-electron chi connectivity index (χ1n) is 6.96. The van der Waals surface area contributed by atoms with Gasteiger partial charge in [-0.1, -0.05) is 30.3 Å². The van der Waals surface area contributed by atoms with Gasteiger partial charge in [0.05, 0.1) is 6.04 Å². The molecule has 0 saturated carbocycles. The number of carbonyl (C=O) groups is 1. The van der Waals surface area contributed by atoms with Gasteiger partial charge in [0.15, 0.2) is 0 Å². The number of carbonyl (C=O) groups excluding carboxylic acids is 1. The molecule has 0 aromatic heterocycles. The van der Waals surface area contributed by atoms with Crippen LogP contribution in [0.15, 0.2) is 36.4 Å². The Kier molecular flexibility index (Phi) is 3.56. The fourth-order valence-corrected chi connectivity index (χ4v) is 2.70. The van der Waals surface area contributed by atoms with E-state index in [1.165, 1.54) is 0 Å². The minimum atomic E-state index is -0.165. The summed E-state index contributed by atoms with van der Waals surface area (Å²) in [6.07, 6.45) is 1.84. The third-order valence-corrected chi connectivity index (χ3v) is 3.83. The van der Waals surface area contributed by atoms with Crippen LogP contribution < -0.4 is 10.6 Å². The molecule has 1 unspecified atom stereocenters. The molecule has 1 atom stereocenters. The number of amides is 1. The maximum Gasteiger partial charge on any atom is 0.237 e. The van der Waals surface area contributed by atoms with E-state index in [1.807, 2.05) is 30.3 Å². The Bertz CT molecular complexity index is 639. The third kappa shape index (κ3) is 2.47. The number of piperidine rings is 1. The van der Waals surface area contributed by atoms with E-state index < -0.39 is 0 Å². The van der Waals surface area contributed by atoms with Crippen molar-refractivity contribution in [3.8, 4) is 5.75 Å². The second-order valence-electron chi connectivity index (χ2n) is 5.15. The predicted octanol–water partition coefficient (Wildman–Crippen LogP) is 1.91. The summed E-state index contributed by atoms with van der Waals surface area (Å²) in [6, 6.07) is 11.4. The van der Waals surface area contributed by atoms with Crippen LogP contribution in [-0.2, 0) is 11.3 Å². The molecular weight excluding hydrogens is 252 g/mol. The normalized spacial score (nSPS) is 19.0. The first kappa shape index (κ1) is 12.9. The molecule has 3 N–H and O–H groups in total. The zero-order valence-corrected chi connectivity index (χ0v) is 11.2. The summed E-state index contributed by atoms with van der Waals surface area (Å²) in [5.41, 5.74) is 0.849. The number of aromatic hydroxyl groups is 1. The molecule has 0 spiro atoms. The second kappa shape index (κ2) is 5.51. The van der Waals surface area contributed by atoms with Crippen LogP contribution in [0.1, 0.15) is 18.4 Å². The minimum Gasteiger partial charge on any atom is -0.508 e. The average molecular weight is 270 g/mol. The molecule has 104 valence electrons. The van der Waals surface area contributed by atoms with Crippen molar-refractivity contribution in [2.24, 2.45) is 0 Å². The molecule has 4 heteroatoms. The van der Waals surface area contributed by atoms with Crippen LogP contribution in [-0.4, -0.2) is 23.6 Å². The fourth-order valence-electron chi connectivity index (χ4n) is 2.70. The van der Waals surface area contributed by atoms with Gasteiger partial charge in [0.2, 0.25) is 5.91 Å². The van der Waals surface area contributed by atoms with Gasteiger partial charge in [0.25, 0.3) is 0 Å². The zero-order chi connectivity index (χ0) is 13.9. The van der Waals surface area contributed by atoms with E-state index in [1.54, 1.807) is 6.07 Å². The Morgan fingerprint density at radius 3 is 2.95 bits per heavy atom. The lowest BCUT2D eigenvalue weighted by molar-refractivity contribution is -0.124. The molecule has 0 radical (unpaired) electrons. The molecule has 3 rings (SSSR count). The van der Waals surface area contributed by atoms with E-state index in [-0.39, 0.29) is 17.7 Å². The molecule has 2 aromatic carbocycles. The number of fused-ring (bicyclic) bond motifs is 1.